The average Bonchev–Trinajstić information content (AvgIpc) is 2.39. The molecule has 0 bridgehead atoms. The van der Waals surface area contributed by atoms with Crippen molar-refractivity contribution in [3.63, 3.8) is 0 Å². The highest BCUT2D eigenvalue weighted by Gasteiger charge is 2.14. The summed E-state index contributed by atoms with van der Waals surface area (Å²) in [5, 5.41) is 9.69. The van der Waals surface area contributed by atoms with Crippen LogP contribution in [0.3, 0.4) is 0 Å². The summed E-state index contributed by atoms with van der Waals surface area (Å²) < 4.78 is 5.42. The van der Waals surface area contributed by atoms with Crippen LogP contribution in [0, 0.1) is 0 Å². The highest BCUT2D eigenvalue weighted by molar-refractivity contribution is 5.38. The lowest BCUT2D eigenvalue weighted by Gasteiger charge is -2.27. The van der Waals surface area contributed by atoms with Gasteiger partial charge in [-0.25, -0.2) is 0 Å². The van der Waals surface area contributed by atoms with E-state index < -0.39 is 6.10 Å². The van der Waals surface area contributed by atoms with Crippen LogP contribution in [0.5, 0.6) is 5.75 Å². The van der Waals surface area contributed by atoms with E-state index in [1.165, 1.54) is 0 Å². The molecule has 1 aromatic carbocycles. The zero-order valence-corrected chi connectivity index (χ0v) is 12.8. The van der Waals surface area contributed by atoms with Crippen molar-refractivity contribution >= 4 is 0 Å². The maximum Gasteiger partial charge on any atom is 0.123 e. The number of hydrogen-bond donors (Lipinski definition) is 1. The molecule has 1 unspecified atom stereocenters. The molecule has 3 heteroatoms. The first-order valence-electron chi connectivity index (χ1n) is 7.08. The van der Waals surface area contributed by atoms with Crippen molar-refractivity contribution in [1.82, 2.24) is 4.90 Å². The minimum Gasteiger partial charge on any atom is -0.496 e. The van der Waals surface area contributed by atoms with E-state index in [1.807, 2.05) is 18.2 Å². The Morgan fingerprint density at radius 1 is 1.26 bits per heavy atom. The van der Waals surface area contributed by atoms with Crippen molar-refractivity contribution in [2.45, 2.75) is 52.3 Å². The van der Waals surface area contributed by atoms with Gasteiger partial charge in [0.25, 0.3) is 0 Å². The molecule has 108 valence electrons. The standard InChI is InChI=1S/C16H27NO2/c1-6-15(7-2)17(4)11-14-10-13(12(3)18)8-9-16(14)19-5/h8-10,12,15,18H,6-7,11H2,1-5H3. The van der Waals surface area contributed by atoms with Crippen molar-refractivity contribution < 1.29 is 9.84 Å². The second kappa shape index (κ2) is 7.51. The molecule has 3 nitrogen and oxygen atoms in total. The van der Waals surface area contributed by atoms with E-state index in [2.05, 4.69) is 25.8 Å². The Balaban J connectivity index is 2.94. The fourth-order valence-electron chi connectivity index (χ4n) is 2.49. The maximum atomic E-state index is 9.69. The summed E-state index contributed by atoms with van der Waals surface area (Å²) in [6.07, 6.45) is 1.85. The van der Waals surface area contributed by atoms with Crippen molar-refractivity contribution in [1.29, 1.82) is 0 Å². The second-order valence-electron chi connectivity index (χ2n) is 5.13. The molecule has 0 radical (unpaired) electrons. The number of methoxy groups -OCH3 is 1. The van der Waals surface area contributed by atoms with Crippen LogP contribution in [0.15, 0.2) is 18.2 Å². The first-order valence-corrected chi connectivity index (χ1v) is 7.08. The molecule has 0 aliphatic rings. The van der Waals surface area contributed by atoms with Crippen molar-refractivity contribution in [3.05, 3.63) is 29.3 Å². The van der Waals surface area contributed by atoms with E-state index in [4.69, 9.17) is 4.74 Å². The van der Waals surface area contributed by atoms with Gasteiger partial charge in [-0.15, -0.1) is 0 Å². The Bertz CT molecular complexity index is 386. The molecule has 0 aliphatic heterocycles. The van der Waals surface area contributed by atoms with Gasteiger partial charge in [0.15, 0.2) is 0 Å². The molecule has 0 aromatic heterocycles. The number of aliphatic hydroxyl groups is 1. The predicted molar refractivity (Wildman–Crippen MR) is 79.5 cm³/mol. The summed E-state index contributed by atoms with van der Waals surface area (Å²) in [4.78, 5) is 2.35. The summed E-state index contributed by atoms with van der Waals surface area (Å²) >= 11 is 0. The average molecular weight is 265 g/mol. The topological polar surface area (TPSA) is 32.7 Å². The summed E-state index contributed by atoms with van der Waals surface area (Å²) in [5.41, 5.74) is 2.07. The lowest BCUT2D eigenvalue weighted by Crippen LogP contribution is -2.30. The van der Waals surface area contributed by atoms with Gasteiger partial charge >= 0.3 is 0 Å². The summed E-state index contributed by atoms with van der Waals surface area (Å²) in [6.45, 7) is 7.06. The molecule has 1 atom stereocenters. The van der Waals surface area contributed by atoms with Gasteiger partial charge in [-0.3, -0.25) is 4.90 Å². The Morgan fingerprint density at radius 2 is 1.89 bits per heavy atom. The smallest absolute Gasteiger partial charge is 0.123 e. The van der Waals surface area contributed by atoms with Crippen LogP contribution in [0.2, 0.25) is 0 Å². The Hall–Kier alpha value is -1.06. The maximum absolute atomic E-state index is 9.69. The molecule has 0 aliphatic carbocycles. The van der Waals surface area contributed by atoms with Gasteiger partial charge in [0.05, 0.1) is 13.2 Å². The van der Waals surface area contributed by atoms with E-state index in [0.29, 0.717) is 6.04 Å². The number of ether oxygens (including phenoxy) is 1. The van der Waals surface area contributed by atoms with Crippen LogP contribution in [0.1, 0.15) is 50.8 Å². The van der Waals surface area contributed by atoms with Crippen LogP contribution in [-0.4, -0.2) is 30.2 Å². The zero-order chi connectivity index (χ0) is 14.4. The highest BCUT2D eigenvalue weighted by atomic mass is 16.5. The predicted octanol–water partition coefficient (Wildman–Crippen LogP) is 3.37. The van der Waals surface area contributed by atoms with E-state index in [-0.39, 0.29) is 0 Å². The molecule has 19 heavy (non-hydrogen) atoms. The minimum absolute atomic E-state index is 0.442. The van der Waals surface area contributed by atoms with Gasteiger partial charge in [-0.1, -0.05) is 19.9 Å². The quantitative estimate of drug-likeness (QED) is 0.820. The fraction of sp³-hybridized carbons (Fsp3) is 0.625. The van der Waals surface area contributed by atoms with Gasteiger partial charge in [0.1, 0.15) is 5.75 Å². The molecule has 0 spiro atoms. The normalized spacial score (nSPS) is 13.1. The molecule has 0 saturated carbocycles. The molecular weight excluding hydrogens is 238 g/mol. The molecule has 1 aromatic rings. The third-order valence-corrected chi connectivity index (χ3v) is 3.77. The third kappa shape index (κ3) is 4.22. The van der Waals surface area contributed by atoms with Crippen LogP contribution >= 0.6 is 0 Å². The third-order valence-electron chi connectivity index (χ3n) is 3.77. The fourth-order valence-corrected chi connectivity index (χ4v) is 2.49. The van der Waals surface area contributed by atoms with Gasteiger partial charge in [-0.05, 0) is 44.5 Å². The lowest BCUT2D eigenvalue weighted by atomic mass is 10.0. The van der Waals surface area contributed by atoms with E-state index in [0.717, 1.165) is 36.3 Å². The molecule has 0 fully saturated rings. The SMILES string of the molecule is CCC(CC)N(C)Cc1cc(C(C)O)ccc1OC. The largest absolute Gasteiger partial charge is 0.496 e. The van der Waals surface area contributed by atoms with Crippen LogP contribution in [-0.2, 0) is 6.54 Å². The number of nitrogens with zero attached hydrogens (tertiary/aromatic N) is 1. The first-order chi connectivity index (χ1) is 9.03. The van der Waals surface area contributed by atoms with Crippen molar-refractivity contribution in [2.75, 3.05) is 14.2 Å². The molecule has 1 rings (SSSR count). The Kier molecular flexibility index (Phi) is 6.32. The second-order valence-corrected chi connectivity index (χ2v) is 5.13. The minimum atomic E-state index is -0.442. The van der Waals surface area contributed by atoms with Gasteiger partial charge in [-0.2, -0.15) is 0 Å². The van der Waals surface area contributed by atoms with Crippen LogP contribution in [0.4, 0.5) is 0 Å². The number of aliphatic hydroxyl groups excluding tert-OH is 1. The highest BCUT2D eigenvalue weighted by Crippen LogP contribution is 2.25. The van der Waals surface area contributed by atoms with E-state index >= 15 is 0 Å². The zero-order valence-electron chi connectivity index (χ0n) is 12.8. The van der Waals surface area contributed by atoms with Gasteiger partial charge in [0.2, 0.25) is 0 Å². The van der Waals surface area contributed by atoms with Crippen molar-refractivity contribution in [3.8, 4) is 5.75 Å². The van der Waals surface area contributed by atoms with Gasteiger partial charge in [0, 0.05) is 18.2 Å². The first kappa shape index (κ1) is 16.0. The molecule has 1 N–H and O–H groups in total. The van der Waals surface area contributed by atoms with Gasteiger partial charge < -0.3 is 9.84 Å². The molecule has 0 saturated heterocycles. The number of benzene rings is 1. The van der Waals surface area contributed by atoms with Crippen LogP contribution < -0.4 is 4.74 Å². The summed E-state index contributed by atoms with van der Waals surface area (Å²) in [5.74, 6) is 0.891. The summed E-state index contributed by atoms with van der Waals surface area (Å²) in [6, 6.07) is 6.49. The Morgan fingerprint density at radius 3 is 2.37 bits per heavy atom. The van der Waals surface area contributed by atoms with Crippen molar-refractivity contribution in [2.24, 2.45) is 0 Å². The van der Waals surface area contributed by atoms with Crippen LogP contribution in [0.25, 0.3) is 0 Å². The Labute approximate surface area is 117 Å². The molecular formula is C16H27NO2. The summed E-state index contributed by atoms with van der Waals surface area (Å²) in [7, 11) is 3.84. The molecule has 0 amide bonds. The lowest BCUT2D eigenvalue weighted by molar-refractivity contribution is 0.198. The van der Waals surface area contributed by atoms with E-state index in [9.17, 15) is 5.11 Å². The number of rotatable bonds is 7. The van der Waals surface area contributed by atoms with E-state index in [1.54, 1.807) is 14.0 Å². The number of hydrogen-bond acceptors (Lipinski definition) is 3. The molecule has 0 heterocycles. The monoisotopic (exact) mass is 265 g/mol.